The van der Waals surface area contributed by atoms with E-state index in [1.54, 1.807) is 24.9 Å². The third-order valence-corrected chi connectivity index (χ3v) is 8.94. The highest BCUT2D eigenvalue weighted by Crippen LogP contribution is 2.45. The summed E-state index contributed by atoms with van der Waals surface area (Å²) in [5, 5.41) is 7.73. The summed E-state index contributed by atoms with van der Waals surface area (Å²) in [6, 6.07) is 38.8. The fourth-order valence-electron chi connectivity index (χ4n) is 6.72. The van der Waals surface area contributed by atoms with Crippen LogP contribution in [0.1, 0.15) is 11.8 Å². The molecule has 48 heavy (non-hydrogen) atoms. The van der Waals surface area contributed by atoms with E-state index in [-0.39, 0.29) is 6.23 Å². The van der Waals surface area contributed by atoms with E-state index in [4.69, 9.17) is 9.15 Å². The summed E-state index contributed by atoms with van der Waals surface area (Å²) in [6.45, 7) is 0. The SMILES string of the molecule is C1=COC(c2cncc(-c3c4ccccc4c(-c4cncc(-c5ncco5)c4)c4ccc(-c5ccc(-c6ccccc6)cc5)cc34)c2)N1. The van der Waals surface area contributed by atoms with Crippen LogP contribution in [0.15, 0.2) is 163 Å². The van der Waals surface area contributed by atoms with Crippen molar-refractivity contribution in [1.82, 2.24) is 20.3 Å². The van der Waals surface area contributed by atoms with Gasteiger partial charge in [0.15, 0.2) is 6.23 Å². The molecule has 1 N–H and O–H groups in total. The molecule has 8 aromatic rings. The molecule has 0 saturated heterocycles. The van der Waals surface area contributed by atoms with Crippen LogP contribution in [-0.2, 0) is 4.74 Å². The third kappa shape index (κ3) is 4.87. The Bertz CT molecular complexity index is 2450. The first kappa shape index (κ1) is 27.8. The molecule has 0 spiro atoms. The lowest BCUT2D eigenvalue weighted by Gasteiger charge is -2.19. The fourth-order valence-corrected chi connectivity index (χ4v) is 6.72. The highest BCUT2D eigenvalue weighted by atomic mass is 16.5. The molecule has 0 bridgehead atoms. The van der Waals surface area contributed by atoms with E-state index in [0.29, 0.717) is 5.89 Å². The van der Waals surface area contributed by atoms with Crippen molar-refractivity contribution < 1.29 is 9.15 Å². The molecule has 0 fully saturated rings. The van der Waals surface area contributed by atoms with E-state index in [1.165, 1.54) is 11.1 Å². The number of ether oxygens (including phenoxy) is 1. The number of hydrogen-bond acceptors (Lipinski definition) is 6. The largest absolute Gasteiger partial charge is 0.473 e. The Balaban J connectivity index is 1.29. The second kappa shape index (κ2) is 11.7. The number of rotatable bonds is 6. The summed E-state index contributed by atoms with van der Waals surface area (Å²) in [5.41, 5.74) is 10.7. The Morgan fingerprint density at radius 3 is 1.88 bits per heavy atom. The van der Waals surface area contributed by atoms with Gasteiger partial charge in [0.25, 0.3) is 0 Å². The molecule has 0 amide bonds. The lowest BCUT2D eigenvalue weighted by Crippen LogP contribution is -2.11. The Kier molecular flexibility index (Phi) is 6.75. The third-order valence-electron chi connectivity index (χ3n) is 8.94. The lowest BCUT2D eigenvalue weighted by atomic mass is 9.85. The number of aromatic nitrogens is 3. The number of nitrogens with zero attached hydrogens (tertiary/aromatic N) is 3. The minimum absolute atomic E-state index is 0.281. The van der Waals surface area contributed by atoms with Crippen molar-refractivity contribution in [1.29, 1.82) is 0 Å². The number of oxazole rings is 1. The molecular formula is C42H28N4O2. The standard InChI is InChI=1S/C42H28N4O2/c1-2-6-27(7-3-1)28-10-12-29(13-11-28)30-14-15-37-38(22-30)40(32-21-34(26-44-24-32)42-46-17-19-48-42)36-9-5-4-8-35(36)39(37)31-20-33(25-43-23-31)41-45-16-18-47-41/h1-26,42,46H. The quantitative estimate of drug-likeness (QED) is 0.187. The van der Waals surface area contributed by atoms with E-state index in [0.717, 1.165) is 66.1 Å². The van der Waals surface area contributed by atoms with Crippen LogP contribution in [0.25, 0.3) is 77.5 Å². The summed E-state index contributed by atoms with van der Waals surface area (Å²) >= 11 is 0. The van der Waals surface area contributed by atoms with E-state index < -0.39 is 0 Å². The van der Waals surface area contributed by atoms with Crippen molar-refractivity contribution in [3.8, 4) is 56.0 Å². The van der Waals surface area contributed by atoms with Crippen molar-refractivity contribution in [3.05, 3.63) is 164 Å². The smallest absolute Gasteiger partial charge is 0.227 e. The zero-order valence-corrected chi connectivity index (χ0v) is 25.7. The first-order valence-corrected chi connectivity index (χ1v) is 15.8. The van der Waals surface area contributed by atoms with Gasteiger partial charge in [-0.15, -0.1) is 0 Å². The maximum Gasteiger partial charge on any atom is 0.227 e. The molecule has 4 heterocycles. The monoisotopic (exact) mass is 620 g/mol. The molecule has 1 atom stereocenters. The Morgan fingerprint density at radius 1 is 0.521 bits per heavy atom. The van der Waals surface area contributed by atoms with Crippen LogP contribution in [-0.4, -0.2) is 15.0 Å². The average molecular weight is 621 g/mol. The topological polar surface area (TPSA) is 73.1 Å². The van der Waals surface area contributed by atoms with Gasteiger partial charge in [-0.05, 0) is 73.1 Å². The number of fused-ring (bicyclic) bond motifs is 2. The fraction of sp³-hybridized carbons (Fsp3) is 0.0238. The van der Waals surface area contributed by atoms with Crippen molar-refractivity contribution in [2.24, 2.45) is 0 Å². The maximum absolute atomic E-state index is 5.79. The summed E-state index contributed by atoms with van der Waals surface area (Å²) < 4.78 is 11.4. The molecule has 9 rings (SSSR count). The zero-order chi connectivity index (χ0) is 31.9. The maximum atomic E-state index is 5.79. The molecule has 1 unspecified atom stereocenters. The van der Waals surface area contributed by atoms with Gasteiger partial charge in [0, 0.05) is 47.7 Å². The van der Waals surface area contributed by atoms with Crippen molar-refractivity contribution >= 4 is 21.5 Å². The van der Waals surface area contributed by atoms with Crippen LogP contribution in [0.2, 0.25) is 0 Å². The zero-order valence-electron chi connectivity index (χ0n) is 25.7. The van der Waals surface area contributed by atoms with Crippen LogP contribution < -0.4 is 5.32 Å². The molecule has 0 radical (unpaired) electrons. The van der Waals surface area contributed by atoms with Gasteiger partial charge >= 0.3 is 0 Å². The molecule has 228 valence electrons. The van der Waals surface area contributed by atoms with Gasteiger partial charge in [-0.25, -0.2) is 4.98 Å². The normalized spacial score (nSPS) is 13.9. The highest BCUT2D eigenvalue weighted by molar-refractivity contribution is 6.22. The van der Waals surface area contributed by atoms with Crippen LogP contribution in [0.5, 0.6) is 0 Å². The Morgan fingerprint density at radius 2 is 1.15 bits per heavy atom. The summed E-state index contributed by atoms with van der Waals surface area (Å²) in [4.78, 5) is 13.7. The van der Waals surface area contributed by atoms with Gasteiger partial charge in [-0.1, -0.05) is 91.0 Å². The van der Waals surface area contributed by atoms with Crippen molar-refractivity contribution in [2.45, 2.75) is 6.23 Å². The first-order chi connectivity index (χ1) is 23.8. The molecule has 3 aromatic heterocycles. The van der Waals surface area contributed by atoms with Crippen molar-refractivity contribution in [2.75, 3.05) is 0 Å². The summed E-state index contributed by atoms with van der Waals surface area (Å²) in [5.74, 6) is 0.538. The summed E-state index contributed by atoms with van der Waals surface area (Å²) in [6.07, 6.45) is 13.9. The molecule has 0 saturated carbocycles. The Hall–Kier alpha value is -6.53. The van der Waals surface area contributed by atoms with Crippen LogP contribution in [0.3, 0.4) is 0 Å². The molecule has 5 aromatic carbocycles. The molecule has 6 nitrogen and oxygen atoms in total. The number of pyridine rings is 2. The molecule has 1 aliphatic heterocycles. The molecule has 6 heteroatoms. The van der Waals surface area contributed by atoms with E-state index in [2.05, 4.69) is 123 Å². The second-order valence-corrected chi connectivity index (χ2v) is 11.8. The molecule has 0 aliphatic carbocycles. The molecular weight excluding hydrogens is 592 g/mol. The minimum atomic E-state index is -0.281. The van der Waals surface area contributed by atoms with E-state index in [1.807, 2.05) is 30.9 Å². The first-order valence-electron chi connectivity index (χ1n) is 15.8. The van der Waals surface area contributed by atoms with Gasteiger partial charge in [0.05, 0.1) is 11.8 Å². The lowest BCUT2D eigenvalue weighted by molar-refractivity contribution is 0.154. The van der Waals surface area contributed by atoms with Crippen LogP contribution in [0, 0.1) is 0 Å². The number of nitrogens with one attached hydrogen (secondary N) is 1. The van der Waals surface area contributed by atoms with Gasteiger partial charge in [0.1, 0.15) is 12.5 Å². The number of hydrogen-bond donors (Lipinski definition) is 1. The predicted octanol–water partition coefficient (Wildman–Crippen LogP) is 10.2. The van der Waals surface area contributed by atoms with Crippen molar-refractivity contribution in [3.63, 3.8) is 0 Å². The number of benzene rings is 5. The van der Waals surface area contributed by atoms with Crippen LogP contribution in [0.4, 0.5) is 0 Å². The van der Waals surface area contributed by atoms with E-state index >= 15 is 0 Å². The van der Waals surface area contributed by atoms with E-state index in [9.17, 15) is 0 Å². The van der Waals surface area contributed by atoms with Gasteiger partial charge in [0.2, 0.25) is 5.89 Å². The minimum Gasteiger partial charge on any atom is -0.473 e. The summed E-state index contributed by atoms with van der Waals surface area (Å²) in [7, 11) is 0. The van der Waals surface area contributed by atoms with Crippen LogP contribution >= 0.6 is 0 Å². The Labute approximate surface area is 277 Å². The highest BCUT2D eigenvalue weighted by Gasteiger charge is 2.21. The average Bonchev–Trinajstić information content (AvgIpc) is 3.90. The van der Waals surface area contributed by atoms with Gasteiger partial charge in [-0.2, -0.15) is 0 Å². The predicted molar refractivity (Wildman–Crippen MR) is 190 cm³/mol. The molecule has 1 aliphatic rings. The second-order valence-electron chi connectivity index (χ2n) is 11.8. The van der Waals surface area contributed by atoms with Gasteiger partial charge in [-0.3, -0.25) is 9.97 Å². The van der Waals surface area contributed by atoms with Gasteiger partial charge < -0.3 is 14.5 Å².